The number of benzene rings is 2. The largest absolute Gasteiger partial charge is 0.343 e. The lowest BCUT2D eigenvalue weighted by molar-refractivity contribution is 0.598. The summed E-state index contributed by atoms with van der Waals surface area (Å²) in [4.78, 5) is 4.48. The highest BCUT2D eigenvalue weighted by atomic mass is 79.9. The Hall–Kier alpha value is -1.18. The maximum atomic E-state index is 12.2. The monoisotopic (exact) mass is 472 g/mol. The number of nitrogens with one attached hydrogen (secondary N) is 1. The molecule has 2 aromatic carbocycles. The lowest BCUT2D eigenvalue weighted by Gasteiger charge is -2.11. The first-order valence-corrected chi connectivity index (χ1v) is 10.8. The first-order valence-electron chi connectivity index (χ1n) is 7.44. The van der Waals surface area contributed by atoms with Crippen molar-refractivity contribution in [1.29, 1.82) is 0 Å². The van der Waals surface area contributed by atoms with E-state index in [0.717, 1.165) is 14.6 Å². The van der Waals surface area contributed by atoms with Crippen LogP contribution < -0.4 is 5.32 Å². The van der Waals surface area contributed by atoms with Crippen molar-refractivity contribution in [3.05, 3.63) is 57.5 Å². The summed E-state index contributed by atoms with van der Waals surface area (Å²) in [6, 6.07) is 14.9. The highest BCUT2D eigenvalue weighted by Gasteiger charge is 2.14. The van der Waals surface area contributed by atoms with Crippen LogP contribution in [0.3, 0.4) is 0 Å². The third kappa shape index (κ3) is 6.37. The normalized spacial score (nSPS) is 12.2. The number of anilines is 1. The van der Waals surface area contributed by atoms with Crippen LogP contribution in [0.4, 0.5) is 11.4 Å². The molecule has 0 saturated heterocycles. The number of hydrogen-bond acceptors (Lipinski definition) is 3. The lowest BCUT2D eigenvalue weighted by Crippen LogP contribution is -2.24. The zero-order chi connectivity index (χ0) is 17.6. The molecule has 0 heterocycles. The Morgan fingerprint density at radius 2 is 1.54 bits per heavy atom. The average molecular weight is 474 g/mol. The number of halogens is 2. The molecule has 4 nitrogen and oxygen atoms in total. The van der Waals surface area contributed by atoms with Gasteiger partial charge in [0.1, 0.15) is 11.6 Å². The topological polar surface area (TPSA) is 58.5 Å². The van der Waals surface area contributed by atoms with Crippen molar-refractivity contribution in [3.63, 3.8) is 0 Å². The van der Waals surface area contributed by atoms with Gasteiger partial charge in [0.15, 0.2) is 9.84 Å². The van der Waals surface area contributed by atoms with Crippen molar-refractivity contribution < 1.29 is 8.42 Å². The van der Waals surface area contributed by atoms with E-state index >= 15 is 0 Å². The van der Waals surface area contributed by atoms with Crippen LogP contribution in [-0.4, -0.2) is 25.8 Å². The molecule has 0 aromatic heterocycles. The van der Waals surface area contributed by atoms with Crippen LogP contribution in [-0.2, 0) is 9.84 Å². The van der Waals surface area contributed by atoms with Crippen LogP contribution in [0, 0.1) is 0 Å². The summed E-state index contributed by atoms with van der Waals surface area (Å²) in [6.45, 7) is 1.85. The number of amidine groups is 1. The molecular formula is C17H18Br2N2O2S. The third-order valence-electron chi connectivity index (χ3n) is 3.10. The van der Waals surface area contributed by atoms with Crippen LogP contribution >= 0.6 is 31.9 Å². The Morgan fingerprint density at radius 3 is 2.08 bits per heavy atom. The van der Waals surface area contributed by atoms with Gasteiger partial charge in [-0.25, -0.2) is 13.4 Å². The molecule has 7 heteroatoms. The minimum atomic E-state index is -3.20. The van der Waals surface area contributed by atoms with Gasteiger partial charge < -0.3 is 5.32 Å². The molecule has 0 aliphatic carbocycles. The summed E-state index contributed by atoms with van der Waals surface area (Å²) in [6.07, 6.45) is 0.589. The molecule has 0 amide bonds. The van der Waals surface area contributed by atoms with E-state index in [1.165, 1.54) is 0 Å². The van der Waals surface area contributed by atoms with Gasteiger partial charge in [-0.2, -0.15) is 0 Å². The lowest BCUT2D eigenvalue weighted by atomic mass is 10.3. The molecule has 0 aliphatic rings. The summed E-state index contributed by atoms with van der Waals surface area (Å²) >= 11 is 6.76. The van der Waals surface area contributed by atoms with E-state index in [9.17, 15) is 8.42 Å². The minimum Gasteiger partial charge on any atom is -0.343 e. The van der Waals surface area contributed by atoms with E-state index in [2.05, 4.69) is 42.2 Å². The highest BCUT2D eigenvalue weighted by molar-refractivity contribution is 9.10. The molecule has 1 N–H and O–H groups in total. The van der Waals surface area contributed by atoms with E-state index in [4.69, 9.17) is 0 Å². The number of hydrogen-bond donors (Lipinski definition) is 1. The fourth-order valence-corrected chi connectivity index (χ4v) is 3.91. The van der Waals surface area contributed by atoms with Gasteiger partial charge in [-0.3, -0.25) is 0 Å². The quantitative estimate of drug-likeness (QED) is 0.464. The fourth-order valence-electron chi connectivity index (χ4n) is 2.06. The molecule has 0 radical (unpaired) electrons. The van der Waals surface area contributed by atoms with Crippen LogP contribution in [0.5, 0.6) is 0 Å². The van der Waals surface area contributed by atoms with Gasteiger partial charge >= 0.3 is 0 Å². The predicted molar refractivity (Wildman–Crippen MR) is 108 cm³/mol. The van der Waals surface area contributed by atoms with E-state index in [-0.39, 0.29) is 11.5 Å². The van der Waals surface area contributed by atoms with Gasteiger partial charge in [0.25, 0.3) is 0 Å². The summed E-state index contributed by atoms with van der Waals surface area (Å²) in [5.74, 6) is 0.439. The van der Waals surface area contributed by atoms with Crippen LogP contribution in [0.2, 0.25) is 0 Å². The number of rotatable bonds is 6. The smallest absolute Gasteiger partial charge is 0.157 e. The molecule has 0 unspecified atom stereocenters. The SMILES string of the molecule is CCCS(=O)(=O)CC(=Nc1ccc(Br)cc1)Nc1ccc(Br)cc1. The Bertz CT molecular complexity index is 801. The van der Waals surface area contributed by atoms with Crippen molar-refractivity contribution in [2.75, 3.05) is 16.8 Å². The first-order chi connectivity index (χ1) is 11.4. The molecule has 0 spiro atoms. The third-order valence-corrected chi connectivity index (χ3v) is 5.90. The summed E-state index contributed by atoms with van der Waals surface area (Å²) in [5.41, 5.74) is 1.49. The Balaban J connectivity index is 2.29. The van der Waals surface area contributed by atoms with Gasteiger partial charge in [0.2, 0.25) is 0 Å². The summed E-state index contributed by atoms with van der Waals surface area (Å²) in [5, 5.41) is 3.12. The van der Waals surface area contributed by atoms with Gasteiger partial charge in [-0.1, -0.05) is 38.8 Å². The summed E-state index contributed by atoms with van der Waals surface area (Å²) < 4.78 is 26.3. The maximum Gasteiger partial charge on any atom is 0.157 e. The fraction of sp³-hybridized carbons (Fsp3) is 0.235. The van der Waals surface area contributed by atoms with E-state index in [1.807, 2.05) is 55.5 Å². The zero-order valence-corrected chi connectivity index (χ0v) is 17.2. The van der Waals surface area contributed by atoms with Crippen LogP contribution in [0.1, 0.15) is 13.3 Å². The molecule has 2 aromatic rings. The van der Waals surface area contributed by atoms with Crippen molar-refractivity contribution in [2.24, 2.45) is 4.99 Å². The second-order valence-electron chi connectivity index (χ2n) is 5.26. The molecule has 0 fully saturated rings. The average Bonchev–Trinajstić information content (AvgIpc) is 2.51. The standard InChI is InChI=1S/C17H18Br2N2O2S/c1-2-11-24(22,23)12-17(20-15-7-3-13(18)4-8-15)21-16-9-5-14(19)6-10-16/h3-10H,2,11-12H2,1H3,(H,20,21). The number of nitrogens with zero attached hydrogens (tertiary/aromatic N) is 1. The number of aliphatic imine (C=N–C) groups is 1. The second kappa shape index (κ2) is 8.78. The molecule has 2 rings (SSSR count). The molecule has 0 saturated carbocycles. The van der Waals surface area contributed by atoms with Gasteiger partial charge in [0, 0.05) is 14.6 Å². The van der Waals surface area contributed by atoms with E-state index in [0.29, 0.717) is 17.9 Å². The van der Waals surface area contributed by atoms with Gasteiger partial charge in [0.05, 0.1) is 11.4 Å². The Labute approximate surface area is 159 Å². The highest BCUT2D eigenvalue weighted by Crippen LogP contribution is 2.19. The molecule has 0 bridgehead atoms. The van der Waals surface area contributed by atoms with Crippen molar-refractivity contribution in [3.8, 4) is 0 Å². The van der Waals surface area contributed by atoms with Crippen molar-refractivity contribution >= 4 is 58.9 Å². The van der Waals surface area contributed by atoms with Crippen LogP contribution in [0.15, 0.2) is 62.5 Å². The molecule has 0 aliphatic heterocycles. The Morgan fingerprint density at radius 1 is 1.00 bits per heavy atom. The van der Waals surface area contributed by atoms with E-state index < -0.39 is 9.84 Å². The summed E-state index contributed by atoms with van der Waals surface area (Å²) in [7, 11) is -3.20. The molecule has 24 heavy (non-hydrogen) atoms. The van der Waals surface area contributed by atoms with Crippen molar-refractivity contribution in [1.82, 2.24) is 0 Å². The molecular weight excluding hydrogens is 456 g/mol. The number of sulfone groups is 1. The van der Waals surface area contributed by atoms with E-state index in [1.54, 1.807) is 0 Å². The van der Waals surface area contributed by atoms with Gasteiger partial charge in [-0.05, 0) is 55.0 Å². The first kappa shape index (κ1) is 19.1. The van der Waals surface area contributed by atoms with Crippen LogP contribution in [0.25, 0.3) is 0 Å². The predicted octanol–water partition coefficient (Wildman–Crippen LogP) is 5.18. The minimum absolute atomic E-state index is 0.118. The maximum absolute atomic E-state index is 12.2. The zero-order valence-electron chi connectivity index (χ0n) is 13.2. The van der Waals surface area contributed by atoms with Crippen molar-refractivity contribution in [2.45, 2.75) is 13.3 Å². The Kier molecular flexibility index (Phi) is 7.01. The molecule has 0 atom stereocenters. The molecule has 128 valence electrons. The van der Waals surface area contributed by atoms with Gasteiger partial charge in [-0.15, -0.1) is 0 Å². The second-order valence-corrected chi connectivity index (χ2v) is 9.27.